The van der Waals surface area contributed by atoms with Gasteiger partial charge in [-0.25, -0.2) is 0 Å². The highest BCUT2D eigenvalue weighted by Gasteiger charge is 2.31. The molecule has 3 N–H and O–H groups in total. The molecule has 0 aliphatic heterocycles. The fourth-order valence-electron chi connectivity index (χ4n) is 2.34. The Morgan fingerprint density at radius 3 is 2.24 bits per heavy atom. The second kappa shape index (κ2) is 6.34. The summed E-state index contributed by atoms with van der Waals surface area (Å²) in [5, 5.41) is 2.87. The molecule has 0 bridgehead atoms. The third-order valence-corrected chi connectivity index (χ3v) is 3.46. The van der Waals surface area contributed by atoms with Gasteiger partial charge in [-0.05, 0) is 49.9 Å². The summed E-state index contributed by atoms with van der Waals surface area (Å²) >= 11 is 0. The summed E-state index contributed by atoms with van der Waals surface area (Å²) in [4.78, 5) is 12.0. The molecule has 0 unspecified atom stereocenters. The largest absolute Gasteiger partial charge is 0.573 e. The number of hydrogen-bond acceptors (Lipinski definition) is 3. The van der Waals surface area contributed by atoms with Gasteiger partial charge in [-0.15, -0.1) is 13.2 Å². The van der Waals surface area contributed by atoms with E-state index < -0.39 is 6.36 Å². The Morgan fingerprint density at radius 2 is 1.71 bits per heavy atom. The first-order valence-electron chi connectivity index (χ1n) is 6.76. The van der Waals surface area contributed by atoms with E-state index >= 15 is 0 Å². The summed E-state index contributed by atoms with van der Waals surface area (Å²) in [6.45, 7) is 0. The molecule has 1 aromatic carbocycles. The summed E-state index contributed by atoms with van der Waals surface area (Å²) in [5.41, 5.74) is 6.09. The number of alkyl halides is 3. The number of ether oxygens (including phenoxy) is 1. The van der Waals surface area contributed by atoms with Crippen LogP contribution in [0.15, 0.2) is 24.3 Å². The molecular weight excluding hydrogens is 285 g/mol. The highest BCUT2D eigenvalue weighted by atomic mass is 19.4. The van der Waals surface area contributed by atoms with E-state index in [2.05, 4.69) is 10.1 Å². The van der Waals surface area contributed by atoms with E-state index in [9.17, 15) is 18.0 Å². The molecule has 0 spiro atoms. The van der Waals surface area contributed by atoms with Crippen molar-refractivity contribution >= 4 is 5.91 Å². The number of carbonyl (C=O) groups excluding carboxylic acids is 1. The molecule has 1 aromatic rings. The van der Waals surface area contributed by atoms with Gasteiger partial charge in [0, 0.05) is 17.6 Å². The Hall–Kier alpha value is -1.76. The van der Waals surface area contributed by atoms with Crippen molar-refractivity contribution in [2.45, 2.75) is 44.1 Å². The van der Waals surface area contributed by atoms with E-state index in [1.807, 2.05) is 0 Å². The molecule has 1 amide bonds. The SMILES string of the molecule is NC1CCC(NC(=O)c2ccc(OC(F)(F)F)cc2)CC1. The van der Waals surface area contributed by atoms with Gasteiger partial charge in [0.25, 0.3) is 5.91 Å². The van der Waals surface area contributed by atoms with E-state index in [0.717, 1.165) is 37.8 Å². The van der Waals surface area contributed by atoms with Crippen molar-refractivity contribution in [1.29, 1.82) is 0 Å². The highest BCUT2D eigenvalue weighted by Crippen LogP contribution is 2.23. The van der Waals surface area contributed by atoms with Crippen LogP contribution in [0, 0.1) is 0 Å². The third-order valence-electron chi connectivity index (χ3n) is 3.46. The minimum atomic E-state index is -4.73. The van der Waals surface area contributed by atoms with Gasteiger partial charge in [-0.3, -0.25) is 4.79 Å². The van der Waals surface area contributed by atoms with Crippen LogP contribution in [0.1, 0.15) is 36.0 Å². The molecule has 0 radical (unpaired) electrons. The Morgan fingerprint density at radius 1 is 1.14 bits per heavy atom. The van der Waals surface area contributed by atoms with Crippen molar-refractivity contribution in [2.75, 3.05) is 0 Å². The normalized spacial score (nSPS) is 22.7. The molecule has 2 rings (SSSR count). The number of nitrogens with two attached hydrogens (primary N) is 1. The number of benzene rings is 1. The van der Waals surface area contributed by atoms with Crippen LogP contribution in [0.25, 0.3) is 0 Å². The topological polar surface area (TPSA) is 64.3 Å². The average Bonchev–Trinajstić information content (AvgIpc) is 2.40. The van der Waals surface area contributed by atoms with Crippen LogP contribution < -0.4 is 15.8 Å². The summed E-state index contributed by atoms with van der Waals surface area (Å²) in [7, 11) is 0. The molecule has 0 saturated heterocycles. The third kappa shape index (κ3) is 4.93. The predicted molar refractivity (Wildman–Crippen MR) is 70.8 cm³/mol. The van der Waals surface area contributed by atoms with Gasteiger partial charge in [0.2, 0.25) is 0 Å². The van der Waals surface area contributed by atoms with Crippen LogP contribution in [-0.4, -0.2) is 24.4 Å². The van der Waals surface area contributed by atoms with Crippen molar-refractivity contribution < 1.29 is 22.7 Å². The number of nitrogens with one attached hydrogen (secondary N) is 1. The van der Waals surface area contributed by atoms with E-state index in [0.29, 0.717) is 5.56 Å². The maximum atomic E-state index is 12.0. The molecule has 1 fully saturated rings. The second-order valence-electron chi connectivity index (χ2n) is 5.16. The van der Waals surface area contributed by atoms with Gasteiger partial charge in [0.05, 0.1) is 0 Å². The van der Waals surface area contributed by atoms with Crippen molar-refractivity contribution in [3.05, 3.63) is 29.8 Å². The lowest BCUT2D eigenvalue weighted by Gasteiger charge is -2.26. The number of halogens is 3. The van der Waals surface area contributed by atoms with Crippen LogP contribution in [0.4, 0.5) is 13.2 Å². The van der Waals surface area contributed by atoms with Gasteiger partial charge in [-0.1, -0.05) is 0 Å². The Bertz CT molecular complexity index is 480. The monoisotopic (exact) mass is 302 g/mol. The minimum Gasteiger partial charge on any atom is -0.406 e. The van der Waals surface area contributed by atoms with Crippen LogP contribution in [0.3, 0.4) is 0 Å². The summed E-state index contributed by atoms with van der Waals surface area (Å²) < 4.78 is 39.8. The summed E-state index contributed by atoms with van der Waals surface area (Å²) in [5.74, 6) is -0.642. The van der Waals surface area contributed by atoms with E-state index in [1.54, 1.807) is 0 Å². The fourth-order valence-corrected chi connectivity index (χ4v) is 2.34. The summed E-state index contributed by atoms with van der Waals surface area (Å²) in [6, 6.07) is 5.13. The zero-order valence-corrected chi connectivity index (χ0v) is 11.3. The molecule has 1 aliphatic rings. The lowest BCUT2D eigenvalue weighted by atomic mass is 9.91. The number of amides is 1. The second-order valence-corrected chi connectivity index (χ2v) is 5.16. The average molecular weight is 302 g/mol. The standard InChI is InChI=1S/C14H17F3N2O2/c15-14(16,17)21-12-7-1-9(2-8-12)13(20)19-11-5-3-10(18)4-6-11/h1-2,7-8,10-11H,3-6,18H2,(H,19,20). The maximum absolute atomic E-state index is 12.0. The van der Waals surface area contributed by atoms with Gasteiger partial charge in [0.1, 0.15) is 5.75 Å². The van der Waals surface area contributed by atoms with E-state index in [-0.39, 0.29) is 23.7 Å². The van der Waals surface area contributed by atoms with Crippen molar-refractivity contribution in [1.82, 2.24) is 5.32 Å². The molecule has 1 aliphatic carbocycles. The molecular formula is C14H17F3N2O2. The lowest BCUT2D eigenvalue weighted by molar-refractivity contribution is -0.274. The molecule has 116 valence electrons. The van der Waals surface area contributed by atoms with E-state index in [1.165, 1.54) is 12.1 Å². The van der Waals surface area contributed by atoms with Crippen molar-refractivity contribution in [3.63, 3.8) is 0 Å². The van der Waals surface area contributed by atoms with Gasteiger partial charge in [0.15, 0.2) is 0 Å². The highest BCUT2D eigenvalue weighted by molar-refractivity contribution is 5.94. The van der Waals surface area contributed by atoms with Crippen molar-refractivity contribution in [3.8, 4) is 5.75 Å². The lowest BCUT2D eigenvalue weighted by Crippen LogP contribution is -2.40. The van der Waals surface area contributed by atoms with Gasteiger partial charge >= 0.3 is 6.36 Å². The first kappa shape index (κ1) is 15.6. The molecule has 1 saturated carbocycles. The zero-order chi connectivity index (χ0) is 15.5. The maximum Gasteiger partial charge on any atom is 0.573 e. The Labute approximate surface area is 120 Å². The Balaban J connectivity index is 1.91. The molecule has 0 heterocycles. The van der Waals surface area contributed by atoms with E-state index in [4.69, 9.17) is 5.73 Å². The van der Waals surface area contributed by atoms with Crippen LogP contribution in [-0.2, 0) is 0 Å². The first-order chi connectivity index (χ1) is 9.83. The first-order valence-corrected chi connectivity index (χ1v) is 6.76. The quantitative estimate of drug-likeness (QED) is 0.902. The van der Waals surface area contributed by atoms with Crippen molar-refractivity contribution in [2.24, 2.45) is 5.73 Å². The number of hydrogen-bond donors (Lipinski definition) is 2. The predicted octanol–water partition coefficient (Wildman–Crippen LogP) is 2.58. The number of carbonyl (C=O) groups is 1. The molecule has 0 aromatic heterocycles. The number of rotatable bonds is 3. The van der Waals surface area contributed by atoms with Gasteiger partial charge < -0.3 is 15.8 Å². The molecule has 4 nitrogen and oxygen atoms in total. The van der Waals surface area contributed by atoms with Crippen LogP contribution in [0.2, 0.25) is 0 Å². The zero-order valence-electron chi connectivity index (χ0n) is 11.3. The van der Waals surface area contributed by atoms with Gasteiger partial charge in [-0.2, -0.15) is 0 Å². The molecule has 21 heavy (non-hydrogen) atoms. The molecule has 0 atom stereocenters. The summed E-state index contributed by atoms with van der Waals surface area (Å²) in [6.07, 6.45) is -1.36. The Kier molecular flexibility index (Phi) is 4.72. The fraction of sp³-hybridized carbons (Fsp3) is 0.500. The smallest absolute Gasteiger partial charge is 0.406 e. The van der Waals surface area contributed by atoms with Crippen LogP contribution >= 0.6 is 0 Å². The molecule has 7 heteroatoms. The minimum absolute atomic E-state index is 0.0726. The van der Waals surface area contributed by atoms with Crippen LogP contribution in [0.5, 0.6) is 5.75 Å².